The van der Waals surface area contributed by atoms with Gasteiger partial charge in [-0.1, -0.05) is 0 Å². The molecule has 0 heterocycles. The Kier molecular flexibility index (Phi) is 14.2. The van der Waals surface area contributed by atoms with Crippen LogP contribution < -0.4 is 27.4 Å². The number of hydrogen-bond acceptors (Lipinski definition) is 9. The maximum absolute atomic E-state index is 12.4. The van der Waals surface area contributed by atoms with Gasteiger partial charge in [0.15, 0.2) is 0 Å². The van der Waals surface area contributed by atoms with Crippen LogP contribution in [0, 0.1) is 0 Å². The fourth-order valence-electron chi connectivity index (χ4n) is 2.37. The van der Waals surface area contributed by atoms with Crippen molar-refractivity contribution in [3.05, 3.63) is 0 Å². The molecule has 0 radical (unpaired) electrons. The highest BCUT2D eigenvalue weighted by Gasteiger charge is 2.29. The minimum Gasteiger partial charge on any atom is -0.481 e. The molecule has 13 nitrogen and oxygen atoms in total. The molecular formula is C17H31N5O8S. The van der Waals surface area contributed by atoms with Gasteiger partial charge < -0.3 is 42.7 Å². The maximum Gasteiger partial charge on any atom is 0.326 e. The average Bonchev–Trinajstić information content (AvgIpc) is 2.72. The topological polar surface area (TPSA) is 234 Å². The number of nitrogens with two attached hydrogens (primary N) is 2. The zero-order chi connectivity index (χ0) is 24.0. The van der Waals surface area contributed by atoms with Gasteiger partial charge in [0.25, 0.3) is 0 Å². The van der Waals surface area contributed by atoms with Crippen LogP contribution in [0.1, 0.15) is 32.1 Å². The Hall–Kier alpha value is -2.42. The molecule has 0 fully saturated rings. The molecule has 0 aliphatic carbocycles. The smallest absolute Gasteiger partial charge is 0.326 e. The molecule has 0 spiro atoms. The molecule has 4 atom stereocenters. The Morgan fingerprint density at radius 1 is 0.839 bits per heavy atom. The number of aliphatic hydroxyl groups excluding tert-OH is 1. The summed E-state index contributed by atoms with van der Waals surface area (Å²) in [7, 11) is 0. The molecule has 10 N–H and O–H groups in total. The molecule has 0 aliphatic rings. The number of aliphatic carboxylic acids is 2. The molecule has 0 saturated heterocycles. The molecule has 0 aromatic heterocycles. The number of carbonyl (C=O) groups excluding carboxylic acids is 3. The number of nitrogens with one attached hydrogen (secondary N) is 3. The van der Waals surface area contributed by atoms with E-state index in [0.29, 0.717) is 19.4 Å². The highest BCUT2D eigenvalue weighted by Crippen LogP contribution is 2.03. The minimum absolute atomic E-state index is 0.148. The van der Waals surface area contributed by atoms with Crippen LogP contribution >= 0.6 is 12.6 Å². The Morgan fingerprint density at radius 2 is 1.39 bits per heavy atom. The van der Waals surface area contributed by atoms with Gasteiger partial charge in [-0.15, -0.1) is 0 Å². The monoisotopic (exact) mass is 465 g/mol. The van der Waals surface area contributed by atoms with Crippen LogP contribution in [0.5, 0.6) is 0 Å². The average molecular weight is 466 g/mol. The first-order valence-corrected chi connectivity index (χ1v) is 10.2. The van der Waals surface area contributed by atoms with Gasteiger partial charge in [0, 0.05) is 12.2 Å². The normalized spacial score (nSPS) is 14.6. The van der Waals surface area contributed by atoms with E-state index in [1.54, 1.807) is 0 Å². The first-order chi connectivity index (χ1) is 14.6. The van der Waals surface area contributed by atoms with Crippen LogP contribution in [0.4, 0.5) is 0 Å². The molecule has 0 aromatic rings. The molecule has 3 amide bonds. The Bertz CT molecular complexity index is 636. The largest absolute Gasteiger partial charge is 0.481 e. The van der Waals surface area contributed by atoms with Gasteiger partial charge in [0.1, 0.15) is 18.1 Å². The Balaban J connectivity index is 4.91. The summed E-state index contributed by atoms with van der Waals surface area (Å²) in [5.41, 5.74) is 10.9. The predicted octanol–water partition coefficient (Wildman–Crippen LogP) is -3.23. The minimum atomic E-state index is -1.46. The number of amides is 3. The fraction of sp³-hybridized carbons (Fsp3) is 0.706. The summed E-state index contributed by atoms with van der Waals surface area (Å²) in [4.78, 5) is 58.5. The lowest BCUT2D eigenvalue weighted by Gasteiger charge is -2.23. The summed E-state index contributed by atoms with van der Waals surface area (Å²) < 4.78 is 0. The highest BCUT2D eigenvalue weighted by atomic mass is 32.1. The SMILES string of the molecule is NCCCCC(NC(=O)C(CS)NC(=O)C(CO)NC(=O)C(N)CCC(=O)O)C(=O)O. The van der Waals surface area contributed by atoms with Gasteiger partial charge in [-0.25, -0.2) is 4.79 Å². The number of hydrogen-bond donors (Lipinski definition) is 9. The Morgan fingerprint density at radius 3 is 1.87 bits per heavy atom. The lowest BCUT2D eigenvalue weighted by Crippen LogP contribution is -2.58. The quantitative estimate of drug-likeness (QED) is 0.0816. The lowest BCUT2D eigenvalue weighted by molar-refractivity contribution is -0.142. The van der Waals surface area contributed by atoms with E-state index in [1.807, 2.05) is 0 Å². The maximum atomic E-state index is 12.4. The van der Waals surface area contributed by atoms with E-state index in [9.17, 15) is 34.2 Å². The third-order valence-electron chi connectivity index (χ3n) is 4.20. The lowest BCUT2D eigenvalue weighted by atomic mass is 10.1. The number of thiol groups is 1. The van der Waals surface area contributed by atoms with E-state index in [4.69, 9.17) is 16.6 Å². The molecule has 178 valence electrons. The first-order valence-electron chi connectivity index (χ1n) is 9.60. The van der Waals surface area contributed by atoms with E-state index in [0.717, 1.165) is 0 Å². The summed E-state index contributed by atoms with van der Waals surface area (Å²) in [6.45, 7) is -0.440. The first kappa shape index (κ1) is 28.6. The van der Waals surface area contributed by atoms with Crippen molar-refractivity contribution >= 4 is 42.3 Å². The predicted molar refractivity (Wildman–Crippen MR) is 112 cm³/mol. The van der Waals surface area contributed by atoms with Crippen LogP contribution in [-0.4, -0.2) is 88.1 Å². The van der Waals surface area contributed by atoms with Crippen LogP contribution in [0.3, 0.4) is 0 Å². The molecular weight excluding hydrogens is 434 g/mol. The zero-order valence-corrected chi connectivity index (χ0v) is 17.8. The number of carboxylic acids is 2. The van der Waals surface area contributed by atoms with Crippen molar-refractivity contribution < 1.29 is 39.3 Å². The molecule has 0 aromatic carbocycles. The van der Waals surface area contributed by atoms with Gasteiger partial charge in [-0.05, 0) is 32.2 Å². The fourth-order valence-corrected chi connectivity index (χ4v) is 2.63. The van der Waals surface area contributed by atoms with Crippen molar-refractivity contribution in [1.82, 2.24) is 16.0 Å². The number of carboxylic acid groups (broad SMARTS) is 2. The van der Waals surface area contributed by atoms with Crippen molar-refractivity contribution in [2.24, 2.45) is 11.5 Å². The summed E-state index contributed by atoms with van der Waals surface area (Å²) in [5, 5.41) is 34.0. The van der Waals surface area contributed by atoms with E-state index in [2.05, 4.69) is 28.6 Å². The molecule has 0 saturated carbocycles. The van der Waals surface area contributed by atoms with Crippen molar-refractivity contribution in [1.29, 1.82) is 0 Å². The molecule has 14 heteroatoms. The van der Waals surface area contributed by atoms with Crippen molar-refractivity contribution in [3.63, 3.8) is 0 Å². The second kappa shape index (κ2) is 15.4. The summed E-state index contributed by atoms with van der Waals surface area (Å²) in [5.74, 6) is -5.16. The number of rotatable bonds is 16. The van der Waals surface area contributed by atoms with E-state index in [1.165, 1.54) is 0 Å². The van der Waals surface area contributed by atoms with Gasteiger partial charge in [-0.3, -0.25) is 19.2 Å². The number of unbranched alkanes of at least 4 members (excludes halogenated alkanes) is 1. The van der Waals surface area contributed by atoms with Crippen LogP contribution in [0.2, 0.25) is 0 Å². The van der Waals surface area contributed by atoms with Gasteiger partial charge in [-0.2, -0.15) is 12.6 Å². The standard InChI is InChI=1S/C17H31N5O8S/c18-6-2-1-3-10(17(29)30)20-16(28)12(8-31)22-15(27)11(7-23)21-14(26)9(19)4-5-13(24)25/h9-12,23,31H,1-8,18-19H2,(H,20,28)(H,21,26)(H,22,27)(H,24,25)(H,29,30). The summed E-state index contributed by atoms with van der Waals surface area (Å²) in [6, 6.07) is -5.09. The van der Waals surface area contributed by atoms with Crippen LogP contribution in [0.25, 0.3) is 0 Å². The van der Waals surface area contributed by atoms with E-state index >= 15 is 0 Å². The molecule has 4 unspecified atom stereocenters. The van der Waals surface area contributed by atoms with Gasteiger partial charge >= 0.3 is 11.9 Å². The van der Waals surface area contributed by atoms with Crippen molar-refractivity contribution in [3.8, 4) is 0 Å². The third kappa shape index (κ3) is 11.5. The second-order valence-electron chi connectivity index (χ2n) is 6.71. The molecule has 0 aliphatic heterocycles. The van der Waals surface area contributed by atoms with Crippen molar-refractivity contribution in [2.75, 3.05) is 18.9 Å². The van der Waals surface area contributed by atoms with Crippen LogP contribution in [-0.2, 0) is 24.0 Å². The number of aliphatic hydroxyl groups is 1. The van der Waals surface area contributed by atoms with Gasteiger partial charge in [0.05, 0.1) is 12.6 Å². The Labute approximate surface area is 184 Å². The number of carbonyl (C=O) groups is 5. The third-order valence-corrected chi connectivity index (χ3v) is 4.56. The van der Waals surface area contributed by atoms with E-state index < -0.39 is 60.4 Å². The molecule has 0 bridgehead atoms. The molecule has 0 rings (SSSR count). The van der Waals surface area contributed by atoms with Crippen molar-refractivity contribution in [2.45, 2.75) is 56.3 Å². The summed E-state index contributed by atoms with van der Waals surface area (Å²) in [6.07, 6.45) is 0.673. The highest BCUT2D eigenvalue weighted by molar-refractivity contribution is 7.80. The second-order valence-corrected chi connectivity index (χ2v) is 7.08. The summed E-state index contributed by atoms with van der Waals surface area (Å²) >= 11 is 3.97. The van der Waals surface area contributed by atoms with Crippen LogP contribution in [0.15, 0.2) is 0 Å². The zero-order valence-electron chi connectivity index (χ0n) is 17.0. The molecule has 31 heavy (non-hydrogen) atoms. The van der Waals surface area contributed by atoms with E-state index in [-0.39, 0.29) is 25.0 Å². The van der Waals surface area contributed by atoms with Gasteiger partial charge in [0.2, 0.25) is 17.7 Å².